The van der Waals surface area contributed by atoms with Crippen LogP contribution in [0.5, 0.6) is 0 Å². The molecule has 0 spiro atoms. The van der Waals surface area contributed by atoms with Gasteiger partial charge in [0.05, 0.1) is 19.9 Å². The third kappa shape index (κ3) is 4.76. The molecule has 0 aliphatic rings. The number of nitro benzene ring substituents is 2. The van der Waals surface area contributed by atoms with E-state index in [4.69, 9.17) is 23.2 Å². The Morgan fingerprint density at radius 2 is 1.43 bits per heavy atom. The van der Waals surface area contributed by atoms with E-state index in [9.17, 15) is 24.6 Å². The fourth-order valence-corrected chi connectivity index (χ4v) is 1.98. The number of nitro groups is 2. The van der Waals surface area contributed by atoms with Crippen LogP contribution in [0.15, 0.2) is 36.4 Å². The Morgan fingerprint density at radius 3 is 1.83 bits per heavy atom. The summed E-state index contributed by atoms with van der Waals surface area (Å²) in [6.45, 7) is 0. The molecule has 122 valence electrons. The van der Waals surface area contributed by atoms with Crippen LogP contribution in [0.2, 0.25) is 10.0 Å². The number of hydrogen-bond donors (Lipinski definition) is 1. The number of halogens is 3. The van der Waals surface area contributed by atoms with Crippen LogP contribution in [0.4, 0.5) is 21.5 Å². The van der Waals surface area contributed by atoms with E-state index < -0.39 is 21.4 Å². The second-order valence-corrected chi connectivity index (χ2v) is 4.79. The van der Waals surface area contributed by atoms with Crippen LogP contribution in [0, 0.1) is 26.0 Å². The van der Waals surface area contributed by atoms with Gasteiger partial charge in [-0.05, 0) is 12.1 Å². The van der Waals surface area contributed by atoms with Crippen molar-refractivity contribution in [2.24, 2.45) is 0 Å². The van der Waals surface area contributed by atoms with Crippen LogP contribution in [0.3, 0.4) is 0 Å². The van der Waals surface area contributed by atoms with Gasteiger partial charge in [0.1, 0.15) is 5.69 Å². The Kier molecular flexibility index (Phi) is 6.67. The zero-order valence-electron chi connectivity index (χ0n) is 11.6. The molecule has 23 heavy (non-hydrogen) atoms. The number of nitrogens with one attached hydrogen (secondary N) is 1. The first kappa shape index (κ1) is 18.6. The van der Waals surface area contributed by atoms with Gasteiger partial charge in [0.2, 0.25) is 5.82 Å². The standard InChI is InChI=1S/C7H7ClN2O2.C6H3ClFNO2/c1-9-7-5(8)3-2-4-6(7)10(11)12;7-4-2-1-3-5(6(4)8)9(10)11/h2-4,9H,1H3;1-3H. The summed E-state index contributed by atoms with van der Waals surface area (Å²) in [5.41, 5.74) is -0.258. The highest BCUT2D eigenvalue weighted by molar-refractivity contribution is 6.33. The van der Waals surface area contributed by atoms with Crippen molar-refractivity contribution in [3.05, 3.63) is 72.5 Å². The second kappa shape index (κ2) is 8.25. The van der Waals surface area contributed by atoms with Gasteiger partial charge < -0.3 is 5.32 Å². The lowest BCUT2D eigenvalue weighted by molar-refractivity contribution is -0.387. The van der Waals surface area contributed by atoms with Crippen molar-refractivity contribution in [1.82, 2.24) is 0 Å². The number of rotatable bonds is 3. The zero-order chi connectivity index (χ0) is 17.6. The third-order valence-corrected chi connectivity index (χ3v) is 3.17. The Hall–Kier alpha value is -2.45. The average molecular weight is 362 g/mol. The van der Waals surface area contributed by atoms with Crippen LogP contribution in [-0.4, -0.2) is 16.9 Å². The normalized spacial score (nSPS) is 9.57. The number of nitrogens with zero attached hydrogens (tertiary/aromatic N) is 2. The molecule has 1 N–H and O–H groups in total. The number of para-hydroxylation sites is 1. The van der Waals surface area contributed by atoms with Crippen molar-refractivity contribution < 1.29 is 14.2 Å². The maximum absolute atomic E-state index is 12.7. The summed E-state index contributed by atoms with van der Waals surface area (Å²) in [5, 5.41) is 23.3. The summed E-state index contributed by atoms with van der Waals surface area (Å²) in [5.74, 6) is -0.987. The third-order valence-electron chi connectivity index (χ3n) is 2.57. The molecule has 2 rings (SSSR count). The molecule has 0 unspecified atom stereocenters. The van der Waals surface area contributed by atoms with Crippen LogP contribution in [-0.2, 0) is 0 Å². The maximum Gasteiger partial charge on any atom is 0.306 e. The quantitative estimate of drug-likeness (QED) is 0.632. The van der Waals surface area contributed by atoms with Crippen LogP contribution >= 0.6 is 23.2 Å². The molecule has 10 heteroatoms. The summed E-state index contributed by atoms with van der Waals surface area (Å²) < 4.78 is 12.7. The first-order valence-corrected chi connectivity index (χ1v) is 6.74. The summed E-state index contributed by atoms with van der Waals surface area (Å²) in [6, 6.07) is 8.17. The highest BCUT2D eigenvalue weighted by Gasteiger charge is 2.15. The predicted molar refractivity (Wildman–Crippen MR) is 85.7 cm³/mol. The minimum absolute atomic E-state index is 0.00926. The lowest BCUT2D eigenvalue weighted by Crippen LogP contribution is -1.96. The van der Waals surface area contributed by atoms with Gasteiger partial charge >= 0.3 is 5.69 Å². The average Bonchev–Trinajstić information content (AvgIpc) is 2.50. The fourth-order valence-electron chi connectivity index (χ4n) is 1.55. The highest BCUT2D eigenvalue weighted by atomic mass is 35.5. The molecule has 0 saturated heterocycles. The maximum atomic E-state index is 12.7. The van der Waals surface area contributed by atoms with Crippen molar-refractivity contribution in [2.45, 2.75) is 0 Å². The van der Waals surface area contributed by atoms with E-state index in [-0.39, 0.29) is 10.7 Å². The number of hydrogen-bond acceptors (Lipinski definition) is 5. The first-order valence-electron chi connectivity index (χ1n) is 5.98. The van der Waals surface area contributed by atoms with Gasteiger partial charge in [0.15, 0.2) is 0 Å². The molecule has 7 nitrogen and oxygen atoms in total. The topological polar surface area (TPSA) is 98.3 Å². The molecule has 0 aromatic heterocycles. The molecule has 0 radical (unpaired) electrons. The first-order chi connectivity index (χ1) is 10.8. The Morgan fingerprint density at radius 1 is 0.957 bits per heavy atom. The molecule has 0 fully saturated rings. The second-order valence-electron chi connectivity index (χ2n) is 3.97. The van der Waals surface area contributed by atoms with Gasteiger partial charge in [0.25, 0.3) is 5.69 Å². The van der Waals surface area contributed by atoms with Gasteiger partial charge in [-0.2, -0.15) is 4.39 Å². The monoisotopic (exact) mass is 361 g/mol. The molecule has 0 bridgehead atoms. The van der Waals surface area contributed by atoms with E-state index in [2.05, 4.69) is 5.32 Å². The highest BCUT2D eigenvalue weighted by Crippen LogP contribution is 2.30. The Labute approximate surface area is 139 Å². The van der Waals surface area contributed by atoms with Gasteiger partial charge in [-0.1, -0.05) is 35.3 Å². The molecular formula is C13H10Cl2FN3O4. The summed E-state index contributed by atoms with van der Waals surface area (Å²) in [7, 11) is 1.59. The molecule has 0 saturated carbocycles. The van der Waals surface area contributed by atoms with Crippen molar-refractivity contribution >= 4 is 40.3 Å². The number of anilines is 1. The minimum Gasteiger partial charge on any atom is -0.381 e. The molecule has 2 aromatic rings. The Balaban J connectivity index is 0.000000231. The Bertz CT molecular complexity index is 743. The lowest BCUT2D eigenvalue weighted by atomic mass is 10.3. The van der Waals surface area contributed by atoms with Crippen molar-refractivity contribution in [3.8, 4) is 0 Å². The van der Waals surface area contributed by atoms with E-state index in [0.29, 0.717) is 10.7 Å². The minimum atomic E-state index is -0.987. The van der Waals surface area contributed by atoms with Gasteiger partial charge in [-0.25, -0.2) is 0 Å². The summed E-state index contributed by atoms with van der Waals surface area (Å²) >= 11 is 11.0. The fraction of sp³-hybridized carbons (Fsp3) is 0.0769. The van der Waals surface area contributed by atoms with Crippen molar-refractivity contribution in [1.29, 1.82) is 0 Å². The smallest absolute Gasteiger partial charge is 0.306 e. The van der Waals surface area contributed by atoms with E-state index in [1.807, 2.05) is 0 Å². The van der Waals surface area contributed by atoms with Gasteiger partial charge in [0, 0.05) is 19.2 Å². The van der Waals surface area contributed by atoms with Gasteiger partial charge in [-0.3, -0.25) is 20.2 Å². The lowest BCUT2D eigenvalue weighted by Gasteiger charge is -2.02. The molecule has 0 aliphatic carbocycles. The molecule has 0 atom stereocenters. The van der Waals surface area contributed by atoms with E-state index in [1.54, 1.807) is 19.2 Å². The van der Waals surface area contributed by atoms with Crippen LogP contribution < -0.4 is 5.32 Å². The predicted octanol–water partition coefficient (Wildman–Crippen LogP) is 4.68. The molecule has 0 aliphatic heterocycles. The molecule has 0 heterocycles. The summed E-state index contributed by atoms with van der Waals surface area (Å²) in [4.78, 5) is 19.2. The zero-order valence-corrected chi connectivity index (χ0v) is 13.1. The molecular weight excluding hydrogens is 352 g/mol. The number of benzene rings is 2. The largest absolute Gasteiger partial charge is 0.381 e. The van der Waals surface area contributed by atoms with E-state index in [0.717, 1.165) is 6.07 Å². The van der Waals surface area contributed by atoms with Crippen molar-refractivity contribution in [3.63, 3.8) is 0 Å². The molecule has 0 amide bonds. The summed E-state index contributed by atoms with van der Waals surface area (Å²) in [6.07, 6.45) is 0. The molecule has 2 aromatic carbocycles. The van der Waals surface area contributed by atoms with Gasteiger partial charge in [-0.15, -0.1) is 0 Å². The van der Waals surface area contributed by atoms with E-state index >= 15 is 0 Å². The van der Waals surface area contributed by atoms with Crippen LogP contribution in [0.1, 0.15) is 0 Å². The van der Waals surface area contributed by atoms with Crippen LogP contribution in [0.25, 0.3) is 0 Å². The van der Waals surface area contributed by atoms with Crippen molar-refractivity contribution in [2.75, 3.05) is 12.4 Å². The van der Waals surface area contributed by atoms with E-state index in [1.165, 1.54) is 18.2 Å². The SMILES string of the molecule is CNc1c(Cl)cccc1[N+](=O)[O-].O=[N+]([O-])c1cccc(Cl)c1F.